The number of carbonyl (C=O) groups excluding carboxylic acids is 1. The van der Waals surface area contributed by atoms with Gasteiger partial charge in [0, 0.05) is 25.2 Å². The van der Waals surface area contributed by atoms with Crippen molar-refractivity contribution in [1.29, 1.82) is 0 Å². The molecule has 1 aliphatic rings. The van der Waals surface area contributed by atoms with Gasteiger partial charge in [-0.25, -0.2) is 0 Å². The first-order valence-electron chi connectivity index (χ1n) is 9.22. The third-order valence-corrected chi connectivity index (χ3v) is 5.00. The Kier molecular flexibility index (Phi) is 6.47. The number of aromatic nitrogens is 1. The molecule has 0 spiro atoms. The van der Waals surface area contributed by atoms with Crippen LogP contribution in [0.5, 0.6) is 5.75 Å². The molecule has 1 atom stereocenters. The first kappa shape index (κ1) is 19.4. The van der Waals surface area contributed by atoms with Gasteiger partial charge in [-0.3, -0.25) is 9.69 Å². The summed E-state index contributed by atoms with van der Waals surface area (Å²) in [6.45, 7) is 7.32. The third-order valence-electron chi connectivity index (χ3n) is 5.00. The highest BCUT2D eigenvalue weighted by Gasteiger charge is 2.23. The fraction of sp³-hybridized carbons (Fsp3) is 0.500. The number of carbonyl (C=O) groups is 1. The van der Waals surface area contributed by atoms with Gasteiger partial charge in [0.25, 0.3) is 0 Å². The number of nitrogens with zero attached hydrogens (tertiary/aromatic N) is 2. The van der Waals surface area contributed by atoms with E-state index in [1.165, 1.54) is 0 Å². The van der Waals surface area contributed by atoms with Crippen LogP contribution < -0.4 is 10.1 Å². The summed E-state index contributed by atoms with van der Waals surface area (Å²) >= 11 is 0. The number of hydrogen-bond donors (Lipinski definition) is 1. The van der Waals surface area contributed by atoms with Crippen molar-refractivity contribution in [2.75, 3.05) is 40.0 Å². The van der Waals surface area contributed by atoms with Crippen molar-refractivity contribution >= 4 is 5.91 Å². The van der Waals surface area contributed by atoms with Crippen molar-refractivity contribution in [3.05, 3.63) is 46.8 Å². The van der Waals surface area contributed by atoms with Crippen molar-refractivity contribution in [3.63, 3.8) is 0 Å². The number of rotatable bonds is 7. The zero-order valence-corrected chi connectivity index (χ0v) is 16.2. The topological polar surface area (TPSA) is 76.8 Å². The summed E-state index contributed by atoms with van der Waals surface area (Å²) in [5.74, 6) is 1.49. The molecule has 0 radical (unpaired) electrons. The monoisotopic (exact) mass is 373 g/mol. The lowest BCUT2D eigenvalue weighted by molar-refractivity contribution is -0.120. The average Bonchev–Trinajstić information content (AvgIpc) is 3.01. The van der Waals surface area contributed by atoms with Gasteiger partial charge in [-0.05, 0) is 31.5 Å². The van der Waals surface area contributed by atoms with Crippen LogP contribution in [0.2, 0.25) is 0 Å². The minimum atomic E-state index is -0.0313. The van der Waals surface area contributed by atoms with Gasteiger partial charge in [0.05, 0.1) is 38.5 Å². The summed E-state index contributed by atoms with van der Waals surface area (Å²) < 4.78 is 15.9. The number of nitrogens with one attached hydrogen (secondary N) is 1. The first-order valence-corrected chi connectivity index (χ1v) is 9.22. The summed E-state index contributed by atoms with van der Waals surface area (Å²) in [4.78, 5) is 14.8. The standard InChI is InChI=1S/C20H27N3O4/c1-14-18(15(2)27-22-14)12-20(24)21-13-19(23-8-10-26-11-9-23)16-4-6-17(25-3)7-5-16/h4-7,19H,8-13H2,1-3H3,(H,21,24)/t19-/m0/s1. The van der Waals surface area contributed by atoms with Gasteiger partial charge in [-0.1, -0.05) is 17.3 Å². The third kappa shape index (κ3) is 4.87. The zero-order valence-electron chi connectivity index (χ0n) is 16.2. The van der Waals surface area contributed by atoms with Gasteiger partial charge in [-0.2, -0.15) is 0 Å². The fourth-order valence-corrected chi connectivity index (χ4v) is 3.36. The zero-order chi connectivity index (χ0) is 19.2. The van der Waals surface area contributed by atoms with Crippen LogP contribution in [0.3, 0.4) is 0 Å². The Morgan fingerprint density at radius 2 is 1.96 bits per heavy atom. The largest absolute Gasteiger partial charge is 0.497 e. The summed E-state index contributed by atoms with van der Waals surface area (Å²) in [5, 5.41) is 6.99. The molecule has 1 amide bonds. The van der Waals surface area contributed by atoms with Crippen LogP contribution in [0.25, 0.3) is 0 Å². The molecule has 7 heteroatoms. The second kappa shape index (κ2) is 9.01. The van der Waals surface area contributed by atoms with Crippen LogP contribution in [0.1, 0.15) is 28.6 Å². The van der Waals surface area contributed by atoms with Crippen LogP contribution in [-0.2, 0) is 16.0 Å². The van der Waals surface area contributed by atoms with Gasteiger partial charge >= 0.3 is 0 Å². The van der Waals surface area contributed by atoms with Crippen LogP contribution in [-0.4, -0.2) is 55.9 Å². The van der Waals surface area contributed by atoms with E-state index in [1.54, 1.807) is 7.11 Å². The molecule has 2 heterocycles. The number of aryl methyl sites for hydroxylation is 2. The fourth-order valence-electron chi connectivity index (χ4n) is 3.36. The first-order chi connectivity index (χ1) is 13.1. The smallest absolute Gasteiger partial charge is 0.224 e. The molecule has 146 valence electrons. The number of amides is 1. The molecule has 0 bridgehead atoms. The van der Waals surface area contributed by atoms with E-state index >= 15 is 0 Å². The van der Waals surface area contributed by atoms with Crippen molar-refractivity contribution in [2.24, 2.45) is 0 Å². The molecule has 0 unspecified atom stereocenters. The maximum Gasteiger partial charge on any atom is 0.224 e. The molecule has 7 nitrogen and oxygen atoms in total. The van der Waals surface area contributed by atoms with E-state index in [9.17, 15) is 4.79 Å². The second-order valence-electron chi connectivity index (χ2n) is 6.72. The highest BCUT2D eigenvalue weighted by atomic mass is 16.5. The highest BCUT2D eigenvalue weighted by molar-refractivity contribution is 5.79. The lowest BCUT2D eigenvalue weighted by atomic mass is 10.0. The molecule has 1 fully saturated rings. The van der Waals surface area contributed by atoms with Crippen LogP contribution >= 0.6 is 0 Å². The molecule has 1 aromatic carbocycles. The summed E-state index contributed by atoms with van der Waals surface area (Å²) in [6, 6.07) is 8.11. The molecule has 1 saturated heterocycles. The van der Waals surface area contributed by atoms with Crippen molar-refractivity contribution < 1.29 is 18.8 Å². The Bertz CT molecular complexity index is 732. The quantitative estimate of drug-likeness (QED) is 0.800. The number of ether oxygens (including phenoxy) is 2. The van der Waals surface area contributed by atoms with Gasteiger partial charge < -0.3 is 19.3 Å². The molecule has 0 aliphatic carbocycles. The van der Waals surface area contributed by atoms with Gasteiger partial charge in [0.2, 0.25) is 5.91 Å². The van der Waals surface area contributed by atoms with Gasteiger partial charge in [-0.15, -0.1) is 0 Å². The maximum absolute atomic E-state index is 12.5. The van der Waals surface area contributed by atoms with E-state index in [-0.39, 0.29) is 18.4 Å². The molecule has 2 aromatic rings. The number of benzene rings is 1. The van der Waals surface area contributed by atoms with Gasteiger partial charge in [0.1, 0.15) is 11.5 Å². The van der Waals surface area contributed by atoms with E-state index in [2.05, 4.69) is 27.5 Å². The van der Waals surface area contributed by atoms with Crippen molar-refractivity contribution in [1.82, 2.24) is 15.4 Å². The Morgan fingerprint density at radius 3 is 2.56 bits per heavy atom. The molecule has 1 N–H and O–H groups in total. The van der Waals surface area contributed by atoms with E-state index in [1.807, 2.05) is 26.0 Å². The lowest BCUT2D eigenvalue weighted by Crippen LogP contribution is -2.44. The summed E-state index contributed by atoms with van der Waals surface area (Å²) in [5.41, 5.74) is 2.78. The minimum Gasteiger partial charge on any atom is -0.497 e. The predicted octanol–water partition coefficient (Wildman–Crippen LogP) is 2.03. The summed E-state index contributed by atoms with van der Waals surface area (Å²) in [6.07, 6.45) is 0.277. The van der Waals surface area contributed by atoms with Gasteiger partial charge in [0.15, 0.2) is 0 Å². The minimum absolute atomic E-state index is 0.0313. The maximum atomic E-state index is 12.5. The molecule has 27 heavy (non-hydrogen) atoms. The predicted molar refractivity (Wildman–Crippen MR) is 101 cm³/mol. The molecule has 3 rings (SSSR count). The molecule has 1 aromatic heterocycles. The number of hydrogen-bond acceptors (Lipinski definition) is 6. The number of morpholine rings is 1. The highest BCUT2D eigenvalue weighted by Crippen LogP contribution is 2.24. The Balaban J connectivity index is 1.67. The Labute approximate surface area is 159 Å². The van der Waals surface area contributed by atoms with E-state index in [4.69, 9.17) is 14.0 Å². The normalized spacial score (nSPS) is 16.1. The van der Waals surface area contributed by atoms with Crippen LogP contribution in [0, 0.1) is 13.8 Å². The van der Waals surface area contributed by atoms with Crippen molar-refractivity contribution in [2.45, 2.75) is 26.3 Å². The van der Waals surface area contributed by atoms with E-state index in [0.29, 0.717) is 25.5 Å². The van der Waals surface area contributed by atoms with E-state index in [0.717, 1.165) is 35.7 Å². The van der Waals surface area contributed by atoms with Crippen LogP contribution in [0.4, 0.5) is 0 Å². The van der Waals surface area contributed by atoms with E-state index < -0.39 is 0 Å². The second-order valence-corrected chi connectivity index (χ2v) is 6.72. The molecule has 0 saturated carbocycles. The average molecular weight is 373 g/mol. The Morgan fingerprint density at radius 1 is 1.26 bits per heavy atom. The number of methoxy groups -OCH3 is 1. The van der Waals surface area contributed by atoms with Crippen LogP contribution in [0.15, 0.2) is 28.8 Å². The molecular weight excluding hydrogens is 346 g/mol. The molecular formula is C20H27N3O4. The Hall–Kier alpha value is -2.38. The molecule has 1 aliphatic heterocycles. The van der Waals surface area contributed by atoms with Crippen molar-refractivity contribution in [3.8, 4) is 5.75 Å². The SMILES string of the molecule is COc1ccc([C@H](CNC(=O)Cc2c(C)noc2C)N2CCOCC2)cc1. The summed E-state index contributed by atoms with van der Waals surface area (Å²) in [7, 11) is 1.66. The lowest BCUT2D eigenvalue weighted by Gasteiger charge is -2.35.